The van der Waals surface area contributed by atoms with E-state index in [1.165, 1.54) is 6.08 Å². The summed E-state index contributed by atoms with van der Waals surface area (Å²) in [7, 11) is 0. The van der Waals surface area contributed by atoms with Crippen LogP contribution in [0.4, 0.5) is 5.69 Å². The van der Waals surface area contributed by atoms with Crippen LogP contribution >= 0.6 is 11.6 Å². The second-order valence-corrected chi connectivity index (χ2v) is 4.50. The number of hydrogen-bond donors (Lipinski definition) is 1. The number of carbonyl (C=O) groups excluding carboxylic acids is 1. The van der Waals surface area contributed by atoms with Gasteiger partial charge in [0, 0.05) is 16.8 Å². The van der Waals surface area contributed by atoms with Gasteiger partial charge < -0.3 is 5.32 Å². The quantitative estimate of drug-likeness (QED) is 0.869. The van der Waals surface area contributed by atoms with Gasteiger partial charge in [-0.25, -0.2) is 0 Å². The van der Waals surface area contributed by atoms with Crippen molar-refractivity contribution in [2.75, 3.05) is 5.32 Å². The Morgan fingerprint density at radius 1 is 1.20 bits per heavy atom. The summed E-state index contributed by atoms with van der Waals surface area (Å²) in [6, 6.07) is 15.9. The van der Waals surface area contributed by atoms with Crippen molar-refractivity contribution in [1.82, 2.24) is 0 Å². The molecule has 2 rings (SSSR count). The van der Waals surface area contributed by atoms with Gasteiger partial charge in [0.2, 0.25) is 5.91 Å². The SMILES string of the molecule is N#Cc1cccc(NC(=O)/C=C/c2ccc(Cl)cc2)c1. The predicted molar refractivity (Wildman–Crippen MR) is 80.3 cm³/mol. The molecule has 1 N–H and O–H groups in total. The smallest absolute Gasteiger partial charge is 0.248 e. The van der Waals surface area contributed by atoms with E-state index in [1.807, 2.05) is 18.2 Å². The first kappa shape index (κ1) is 13.9. The zero-order valence-corrected chi connectivity index (χ0v) is 11.3. The topological polar surface area (TPSA) is 52.9 Å². The number of nitriles is 1. The number of halogens is 1. The maximum absolute atomic E-state index is 11.7. The maximum atomic E-state index is 11.7. The maximum Gasteiger partial charge on any atom is 0.248 e. The third-order valence-corrected chi connectivity index (χ3v) is 2.81. The van der Waals surface area contributed by atoms with E-state index in [0.29, 0.717) is 16.3 Å². The Morgan fingerprint density at radius 3 is 2.65 bits per heavy atom. The third kappa shape index (κ3) is 3.98. The summed E-state index contributed by atoms with van der Waals surface area (Å²) in [6.07, 6.45) is 3.13. The van der Waals surface area contributed by atoms with Gasteiger partial charge in [-0.15, -0.1) is 0 Å². The molecule has 0 unspecified atom stereocenters. The summed E-state index contributed by atoms with van der Waals surface area (Å²) in [6.45, 7) is 0. The Kier molecular flexibility index (Phi) is 4.54. The minimum atomic E-state index is -0.255. The van der Waals surface area contributed by atoms with Crippen molar-refractivity contribution >= 4 is 29.3 Å². The van der Waals surface area contributed by atoms with Crippen molar-refractivity contribution in [2.45, 2.75) is 0 Å². The van der Waals surface area contributed by atoms with Crippen molar-refractivity contribution in [1.29, 1.82) is 5.26 Å². The molecule has 2 aromatic rings. The molecule has 20 heavy (non-hydrogen) atoms. The Labute approximate surface area is 122 Å². The van der Waals surface area contributed by atoms with Gasteiger partial charge in [-0.05, 0) is 42.0 Å². The molecule has 0 atom stereocenters. The molecule has 0 heterocycles. The van der Waals surface area contributed by atoms with Gasteiger partial charge in [-0.3, -0.25) is 4.79 Å². The molecule has 1 amide bonds. The normalized spacial score (nSPS) is 10.2. The van der Waals surface area contributed by atoms with Crippen LogP contribution in [0, 0.1) is 11.3 Å². The van der Waals surface area contributed by atoms with E-state index in [9.17, 15) is 4.79 Å². The second kappa shape index (κ2) is 6.55. The Bertz CT molecular complexity index is 684. The van der Waals surface area contributed by atoms with Gasteiger partial charge in [0.1, 0.15) is 0 Å². The molecule has 0 aromatic heterocycles. The summed E-state index contributed by atoms with van der Waals surface area (Å²) >= 11 is 5.78. The van der Waals surface area contributed by atoms with Crippen molar-refractivity contribution in [2.24, 2.45) is 0 Å². The molecule has 0 radical (unpaired) electrons. The number of rotatable bonds is 3. The molecule has 0 saturated carbocycles. The Hall–Kier alpha value is -2.57. The standard InChI is InChI=1S/C16H11ClN2O/c17-14-7-4-12(5-8-14)6-9-16(20)19-15-3-1-2-13(10-15)11-18/h1-10H,(H,19,20)/b9-6+. The lowest BCUT2D eigenvalue weighted by Crippen LogP contribution is -2.07. The monoisotopic (exact) mass is 282 g/mol. The lowest BCUT2D eigenvalue weighted by atomic mass is 10.2. The highest BCUT2D eigenvalue weighted by atomic mass is 35.5. The molecule has 4 heteroatoms. The number of amides is 1. The first-order valence-electron chi connectivity index (χ1n) is 5.92. The minimum Gasteiger partial charge on any atom is -0.322 e. The summed E-state index contributed by atoms with van der Waals surface area (Å²) < 4.78 is 0. The van der Waals surface area contributed by atoms with Crippen LogP contribution in [0.2, 0.25) is 5.02 Å². The molecule has 0 aliphatic carbocycles. The summed E-state index contributed by atoms with van der Waals surface area (Å²) in [5, 5.41) is 12.1. The van der Waals surface area contributed by atoms with E-state index in [2.05, 4.69) is 5.32 Å². The molecule has 0 aliphatic heterocycles. The highest BCUT2D eigenvalue weighted by Gasteiger charge is 1.99. The van der Waals surface area contributed by atoms with E-state index in [0.717, 1.165) is 5.56 Å². The average molecular weight is 283 g/mol. The third-order valence-electron chi connectivity index (χ3n) is 2.56. The van der Waals surface area contributed by atoms with Gasteiger partial charge in [-0.2, -0.15) is 5.26 Å². The molecule has 0 bridgehead atoms. The number of anilines is 1. The van der Waals surface area contributed by atoms with Crippen LogP contribution < -0.4 is 5.32 Å². The predicted octanol–water partition coefficient (Wildman–Crippen LogP) is 3.86. The van der Waals surface area contributed by atoms with Gasteiger partial charge in [0.05, 0.1) is 11.6 Å². The number of nitrogens with one attached hydrogen (secondary N) is 1. The van der Waals surface area contributed by atoms with E-state index >= 15 is 0 Å². The second-order valence-electron chi connectivity index (χ2n) is 4.07. The van der Waals surface area contributed by atoms with Crippen molar-refractivity contribution in [3.05, 3.63) is 70.8 Å². The summed E-state index contributed by atoms with van der Waals surface area (Å²) in [4.78, 5) is 11.7. The lowest BCUT2D eigenvalue weighted by molar-refractivity contribution is -0.111. The molecule has 0 aliphatic rings. The van der Waals surface area contributed by atoms with Gasteiger partial charge >= 0.3 is 0 Å². The number of hydrogen-bond acceptors (Lipinski definition) is 2. The largest absolute Gasteiger partial charge is 0.322 e. The molecule has 0 saturated heterocycles. The average Bonchev–Trinajstić information content (AvgIpc) is 2.47. The van der Waals surface area contributed by atoms with Crippen LogP contribution in [0.15, 0.2) is 54.6 Å². The molecule has 0 fully saturated rings. The van der Waals surface area contributed by atoms with E-state index < -0.39 is 0 Å². The summed E-state index contributed by atoms with van der Waals surface area (Å²) in [5.41, 5.74) is 1.98. The number of benzene rings is 2. The highest BCUT2D eigenvalue weighted by molar-refractivity contribution is 6.30. The Morgan fingerprint density at radius 2 is 1.95 bits per heavy atom. The number of carbonyl (C=O) groups is 1. The van der Waals surface area contributed by atoms with E-state index in [4.69, 9.17) is 16.9 Å². The van der Waals surface area contributed by atoms with Gasteiger partial charge in [0.15, 0.2) is 0 Å². The van der Waals surface area contributed by atoms with Crippen LogP contribution in [-0.4, -0.2) is 5.91 Å². The first-order chi connectivity index (χ1) is 9.67. The first-order valence-corrected chi connectivity index (χ1v) is 6.30. The van der Waals surface area contributed by atoms with Crippen LogP contribution in [0.1, 0.15) is 11.1 Å². The van der Waals surface area contributed by atoms with Crippen molar-refractivity contribution < 1.29 is 4.79 Å². The summed E-state index contributed by atoms with van der Waals surface area (Å²) in [5.74, 6) is -0.255. The molecule has 3 nitrogen and oxygen atoms in total. The van der Waals surface area contributed by atoms with Gasteiger partial charge in [0.25, 0.3) is 0 Å². The number of nitrogens with zero attached hydrogens (tertiary/aromatic N) is 1. The lowest BCUT2D eigenvalue weighted by Gasteiger charge is -2.01. The fraction of sp³-hybridized carbons (Fsp3) is 0. The zero-order valence-electron chi connectivity index (χ0n) is 10.5. The van der Waals surface area contributed by atoms with Crippen LogP contribution in [-0.2, 0) is 4.79 Å². The fourth-order valence-electron chi connectivity index (χ4n) is 1.60. The van der Waals surface area contributed by atoms with Crippen LogP contribution in [0.3, 0.4) is 0 Å². The van der Waals surface area contributed by atoms with Crippen molar-refractivity contribution in [3.8, 4) is 6.07 Å². The minimum absolute atomic E-state index is 0.255. The molecular weight excluding hydrogens is 272 g/mol. The van der Waals surface area contributed by atoms with Gasteiger partial charge in [-0.1, -0.05) is 29.8 Å². The zero-order chi connectivity index (χ0) is 14.4. The van der Waals surface area contributed by atoms with Crippen LogP contribution in [0.25, 0.3) is 6.08 Å². The molecule has 2 aromatic carbocycles. The molecule has 0 spiro atoms. The Balaban J connectivity index is 2.02. The molecular formula is C16H11ClN2O. The molecule has 98 valence electrons. The van der Waals surface area contributed by atoms with Crippen LogP contribution in [0.5, 0.6) is 0 Å². The highest BCUT2D eigenvalue weighted by Crippen LogP contribution is 2.12. The van der Waals surface area contributed by atoms with E-state index in [-0.39, 0.29) is 5.91 Å². The van der Waals surface area contributed by atoms with Crippen molar-refractivity contribution in [3.63, 3.8) is 0 Å². The van der Waals surface area contributed by atoms with E-state index in [1.54, 1.807) is 42.5 Å². The fourth-order valence-corrected chi connectivity index (χ4v) is 1.72.